The second-order valence-corrected chi connectivity index (χ2v) is 9.64. The Kier molecular flexibility index (Phi) is 6.53. The molecule has 0 radical (unpaired) electrons. The van der Waals surface area contributed by atoms with E-state index in [2.05, 4.69) is 15.6 Å². The molecule has 2 aromatic carbocycles. The van der Waals surface area contributed by atoms with Crippen LogP contribution in [0.1, 0.15) is 53.5 Å². The number of H-pyrrole nitrogens is 1. The lowest BCUT2D eigenvalue weighted by Crippen LogP contribution is -2.58. The van der Waals surface area contributed by atoms with E-state index in [1.54, 1.807) is 12.0 Å². The minimum absolute atomic E-state index is 0.0778. The lowest BCUT2D eigenvalue weighted by Gasteiger charge is -2.38. The van der Waals surface area contributed by atoms with Crippen molar-refractivity contribution in [2.24, 2.45) is 5.92 Å². The SMILES string of the molecule is CC[C@H](C)[C@H](NC(=O)[C@@H]1Cc2c([nH]c3ccccc23)[C@H]2c3ccccc3C(=O)N21)C(=O)NCCOC. The summed E-state index contributed by atoms with van der Waals surface area (Å²) in [6.45, 7) is 4.68. The van der Waals surface area contributed by atoms with Gasteiger partial charge in [-0.05, 0) is 29.2 Å². The summed E-state index contributed by atoms with van der Waals surface area (Å²) in [6, 6.07) is 13.7. The molecule has 1 aromatic heterocycles. The van der Waals surface area contributed by atoms with E-state index in [1.807, 2.05) is 62.4 Å². The molecule has 3 N–H and O–H groups in total. The molecule has 4 atom stereocenters. The molecule has 3 aromatic rings. The summed E-state index contributed by atoms with van der Waals surface area (Å²) in [6.07, 6.45) is 1.09. The van der Waals surface area contributed by atoms with Crippen LogP contribution in [-0.2, 0) is 20.7 Å². The van der Waals surface area contributed by atoms with E-state index >= 15 is 0 Å². The highest BCUT2D eigenvalue weighted by Crippen LogP contribution is 2.46. The van der Waals surface area contributed by atoms with Gasteiger partial charge in [0.05, 0.1) is 12.6 Å². The van der Waals surface area contributed by atoms with E-state index in [1.165, 1.54) is 0 Å². The Bertz CT molecular complexity index is 1320. The predicted molar refractivity (Wildman–Crippen MR) is 137 cm³/mol. The number of carbonyl (C=O) groups is 3. The van der Waals surface area contributed by atoms with Gasteiger partial charge < -0.3 is 25.3 Å². The molecule has 0 fully saturated rings. The summed E-state index contributed by atoms with van der Waals surface area (Å²) >= 11 is 0. The largest absolute Gasteiger partial charge is 0.383 e. The monoisotopic (exact) mass is 488 g/mol. The first-order valence-electron chi connectivity index (χ1n) is 12.5. The third-order valence-electron chi connectivity index (χ3n) is 7.55. The maximum absolute atomic E-state index is 13.9. The average Bonchev–Trinajstić information content (AvgIpc) is 3.42. The fourth-order valence-electron chi connectivity index (χ4n) is 5.48. The number of aromatic nitrogens is 1. The molecule has 0 saturated carbocycles. The van der Waals surface area contributed by atoms with Crippen molar-refractivity contribution in [3.8, 4) is 0 Å². The van der Waals surface area contributed by atoms with E-state index in [4.69, 9.17) is 4.74 Å². The standard InChI is InChI=1S/C28H32N4O4/c1-4-16(2)23(27(34)29-13-14-36-3)31-26(33)22-15-20-17-9-7-8-12-21(17)30-24(20)25-18-10-5-6-11-19(18)28(35)32(22)25/h5-12,16,22-23,25,30H,4,13-15H2,1-3H3,(H,29,34)(H,31,33)/t16-,22-,23-,25+/m0/s1. The number of benzene rings is 2. The van der Waals surface area contributed by atoms with Gasteiger partial charge in [-0.25, -0.2) is 0 Å². The van der Waals surface area contributed by atoms with Gasteiger partial charge in [-0.2, -0.15) is 0 Å². The van der Waals surface area contributed by atoms with E-state index in [-0.39, 0.29) is 29.7 Å². The van der Waals surface area contributed by atoms with Crippen molar-refractivity contribution in [1.82, 2.24) is 20.5 Å². The second kappa shape index (κ2) is 9.78. The summed E-state index contributed by atoms with van der Waals surface area (Å²) in [5.41, 5.74) is 4.48. The zero-order chi connectivity index (χ0) is 25.4. The van der Waals surface area contributed by atoms with E-state index in [9.17, 15) is 14.4 Å². The Morgan fingerprint density at radius 2 is 1.92 bits per heavy atom. The Balaban J connectivity index is 1.52. The number of carbonyl (C=O) groups excluding carboxylic acids is 3. The fourth-order valence-corrected chi connectivity index (χ4v) is 5.48. The number of ether oxygens (including phenoxy) is 1. The summed E-state index contributed by atoms with van der Waals surface area (Å²) in [7, 11) is 1.57. The molecular weight excluding hydrogens is 456 g/mol. The van der Waals surface area contributed by atoms with Crippen molar-refractivity contribution in [3.05, 3.63) is 70.9 Å². The normalized spacial score (nSPS) is 19.9. The number of hydrogen-bond donors (Lipinski definition) is 3. The van der Waals surface area contributed by atoms with Crippen molar-refractivity contribution in [2.75, 3.05) is 20.3 Å². The first-order valence-corrected chi connectivity index (χ1v) is 12.5. The number of rotatable bonds is 8. The maximum atomic E-state index is 13.9. The molecule has 0 aliphatic carbocycles. The molecule has 5 rings (SSSR count). The van der Waals surface area contributed by atoms with Crippen molar-refractivity contribution < 1.29 is 19.1 Å². The predicted octanol–water partition coefficient (Wildman–Crippen LogP) is 2.93. The van der Waals surface area contributed by atoms with Gasteiger partial charge in [-0.15, -0.1) is 0 Å². The summed E-state index contributed by atoms with van der Waals surface area (Å²) in [5, 5.41) is 6.90. The summed E-state index contributed by atoms with van der Waals surface area (Å²) in [4.78, 5) is 45.6. The van der Waals surface area contributed by atoms with Gasteiger partial charge >= 0.3 is 0 Å². The highest BCUT2D eigenvalue weighted by Gasteiger charge is 2.49. The molecule has 3 amide bonds. The maximum Gasteiger partial charge on any atom is 0.255 e. The fraction of sp³-hybridized carbons (Fsp3) is 0.393. The zero-order valence-electron chi connectivity index (χ0n) is 20.8. The Labute approximate surface area is 210 Å². The smallest absolute Gasteiger partial charge is 0.255 e. The van der Waals surface area contributed by atoms with Crippen LogP contribution in [0.5, 0.6) is 0 Å². The molecule has 0 spiro atoms. The van der Waals surface area contributed by atoms with Gasteiger partial charge in [-0.1, -0.05) is 56.7 Å². The molecule has 36 heavy (non-hydrogen) atoms. The topological polar surface area (TPSA) is 104 Å². The van der Waals surface area contributed by atoms with Crippen LogP contribution in [-0.4, -0.2) is 60.0 Å². The molecule has 188 valence electrons. The van der Waals surface area contributed by atoms with Crippen LogP contribution >= 0.6 is 0 Å². The van der Waals surface area contributed by atoms with Crippen molar-refractivity contribution >= 4 is 28.6 Å². The molecule has 8 heteroatoms. The Hall–Kier alpha value is -3.65. The number of methoxy groups -OCH3 is 1. The first-order chi connectivity index (χ1) is 17.5. The summed E-state index contributed by atoms with van der Waals surface area (Å²) in [5.74, 6) is -0.800. The lowest BCUT2D eigenvalue weighted by molar-refractivity contribution is -0.133. The number of aromatic amines is 1. The van der Waals surface area contributed by atoms with Gasteiger partial charge in [0.1, 0.15) is 12.1 Å². The molecule has 2 aliphatic heterocycles. The number of nitrogens with one attached hydrogen (secondary N) is 3. The highest BCUT2D eigenvalue weighted by molar-refractivity contribution is 6.04. The third kappa shape index (κ3) is 3.95. The van der Waals surface area contributed by atoms with Crippen LogP contribution in [0.2, 0.25) is 0 Å². The first kappa shape index (κ1) is 24.1. The third-order valence-corrected chi connectivity index (χ3v) is 7.55. The quantitative estimate of drug-likeness (QED) is 0.424. The van der Waals surface area contributed by atoms with Gasteiger partial charge in [0.15, 0.2) is 0 Å². The van der Waals surface area contributed by atoms with E-state index in [0.717, 1.165) is 34.1 Å². The number of amides is 3. The Morgan fingerprint density at radius 3 is 2.69 bits per heavy atom. The van der Waals surface area contributed by atoms with Crippen LogP contribution in [0.25, 0.3) is 10.9 Å². The van der Waals surface area contributed by atoms with Crippen LogP contribution < -0.4 is 10.6 Å². The van der Waals surface area contributed by atoms with Crippen LogP contribution in [0.3, 0.4) is 0 Å². The Morgan fingerprint density at radius 1 is 1.17 bits per heavy atom. The minimum atomic E-state index is -0.736. The van der Waals surface area contributed by atoms with Gasteiger partial charge in [-0.3, -0.25) is 14.4 Å². The number of hydrogen-bond acceptors (Lipinski definition) is 4. The molecule has 3 heterocycles. The number of para-hydroxylation sites is 1. The van der Waals surface area contributed by atoms with Gasteiger partial charge in [0.25, 0.3) is 5.91 Å². The van der Waals surface area contributed by atoms with E-state index in [0.29, 0.717) is 25.1 Å². The van der Waals surface area contributed by atoms with Gasteiger partial charge in [0.2, 0.25) is 11.8 Å². The van der Waals surface area contributed by atoms with E-state index < -0.39 is 12.1 Å². The average molecular weight is 489 g/mol. The molecule has 2 aliphatic rings. The zero-order valence-corrected chi connectivity index (χ0v) is 20.8. The molecule has 0 saturated heterocycles. The summed E-state index contributed by atoms with van der Waals surface area (Å²) < 4.78 is 5.04. The van der Waals surface area contributed by atoms with Crippen LogP contribution in [0, 0.1) is 5.92 Å². The second-order valence-electron chi connectivity index (χ2n) is 9.64. The van der Waals surface area contributed by atoms with Crippen LogP contribution in [0.15, 0.2) is 48.5 Å². The van der Waals surface area contributed by atoms with Crippen molar-refractivity contribution in [1.29, 1.82) is 0 Å². The van der Waals surface area contributed by atoms with Gasteiger partial charge in [0, 0.05) is 42.2 Å². The number of fused-ring (bicyclic) bond motifs is 7. The molecule has 8 nitrogen and oxygen atoms in total. The molecule has 0 unspecified atom stereocenters. The van der Waals surface area contributed by atoms with Crippen molar-refractivity contribution in [2.45, 2.75) is 44.8 Å². The number of nitrogens with zero attached hydrogens (tertiary/aromatic N) is 1. The highest BCUT2D eigenvalue weighted by atomic mass is 16.5. The molecular formula is C28H32N4O4. The van der Waals surface area contributed by atoms with Crippen molar-refractivity contribution in [3.63, 3.8) is 0 Å². The van der Waals surface area contributed by atoms with Crippen LogP contribution in [0.4, 0.5) is 0 Å². The molecule has 0 bridgehead atoms. The minimum Gasteiger partial charge on any atom is -0.383 e. The lowest BCUT2D eigenvalue weighted by atomic mass is 9.89.